The second-order valence-electron chi connectivity index (χ2n) is 12.4. The number of aromatic nitrogens is 1. The normalized spacial score (nSPS) is 22.4. The van der Waals surface area contributed by atoms with Crippen molar-refractivity contribution in [3.63, 3.8) is 0 Å². The summed E-state index contributed by atoms with van der Waals surface area (Å²) in [7, 11) is 1.65. The van der Waals surface area contributed by atoms with Crippen molar-refractivity contribution in [2.75, 3.05) is 26.7 Å². The third-order valence-corrected chi connectivity index (χ3v) is 9.24. The first-order valence-corrected chi connectivity index (χ1v) is 15.6. The summed E-state index contributed by atoms with van der Waals surface area (Å²) in [5.74, 6) is -1.24. The molecule has 6 N–H and O–H groups in total. The van der Waals surface area contributed by atoms with Gasteiger partial charge in [-0.1, -0.05) is 67.4 Å². The lowest BCUT2D eigenvalue weighted by Gasteiger charge is -2.49. The smallest absolute Gasteiger partial charge is 0.270 e. The lowest BCUT2D eigenvalue weighted by Crippen LogP contribution is -2.63. The molecule has 1 saturated heterocycles. The van der Waals surface area contributed by atoms with E-state index in [0.717, 1.165) is 43.3 Å². The number of nitrogens with zero attached hydrogens (tertiary/aromatic N) is 2. The van der Waals surface area contributed by atoms with Gasteiger partial charge in [-0.2, -0.15) is 0 Å². The van der Waals surface area contributed by atoms with E-state index < -0.39 is 29.8 Å². The van der Waals surface area contributed by atoms with Crippen LogP contribution in [0.4, 0.5) is 0 Å². The highest BCUT2D eigenvalue weighted by Gasteiger charge is 2.42. The van der Waals surface area contributed by atoms with Gasteiger partial charge in [-0.05, 0) is 55.8 Å². The Morgan fingerprint density at radius 1 is 1.02 bits per heavy atom. The van der Waals surface area contributed by atoms with Gasteiger partial charge in [0.05, 0.1) is 24.1 Å². The molecule has 0 bridgehead atoms. The maximum absolute atomic E-state index is 13.8. The number of fused-ring (bicyclic) bond motifs is 2. The van der Waals surface area contributed by atoms with Crippen LogP contribution in [0.1, 0.15) is 54.6 Å². The van der Waals surface area contributed by atoms with Crippen LogP contribution in [0.5, 0.6) is 0 Å². The fourth-order valence-electron chi connectivity index (χ4n) is 6.85. The van der Waals surface area contributed by atoms with Gasteiger partial charge in [0.2, 0.25) is 11.8 Å². The Morgan fingerprint density at radius 2 is 1.80 bits per heavy atom. The Bertz CT molecular complexity index is 1450. The fourth-order valence-corrected chi connectivity index (χ4v) is 6.85. The number of para-hydroxylation sites is 1. The molecule has 1 saturated carbocycles. The van der Waals surface area contributed by atoms with Crippen LogP contribution in [0.2, 0.25) is 0 Å². The zero-order valence-electron chi connectivity index (χ0n) is 25.4. The number of pyridine rings is 1. The van der Waals surface area contributed by atoms with E-state index >= 15 is 0 Å². The highest BCUT2D eigenvalue weighted by molar-refractivity contribution is 5.99. The highest BCUT2D eigenvalue weighted by Crippen LogP contribution is 2.38. The number of carbonyl (C=O) groups excluding carboxylic acids is 3. The minimum absolute atomic E-state index is 0.142. The van der Waals surface area contributed by atoms with Gasteiger partial charge < -0.3 is 26.8 Å². The van der Waals surface area contributed by atoms with E-state index in [1.807, 2.05) is 54.6 Å². The van der Waals surface area contributed by atoms with Crippen LogP contribution in [-0.4, -0.2) is 78.1 Å². The zero-order valence-corrected chi connectivity index (χ0v) is 25.4. The predicted octanol–water partition coefficient (Wildman–Crippen LogP) is 2.54. The lowest BCUT2D eigenvalue weighted by atomic mass is 9.69. The molecule has 0 spiro atoms. The summed E-state index contributed by atoms with van der Waals surface area (Å²) in [6.45, 7) is 2.31. The molecular formula is C34H44N6O4. The van der Waals surface area contributed by atoms with Crippen LogP contribution in [0.25, 0.3) is 10.9 Å². The summed E-state index contributed by atoms with van der Waals surface area (Å²) in [6, 6.07) is 19.0. The van der Waals surface area contributed by atoms with Crippen molar-refractivity contribution in [2.24, 2.45) is 17.4 Å². The molecule has 2 aliphatic rings. The van der Waals surface area contributed by atoms with Crippen LogP contribution >= 0.6 is 0 Å². The van der Waals surface area contributed by atoms with Crippen LogP contribution in [0.15, 0.2) is 66.7 Å². The average molecular weight is 601 g/mol. The number of piperidine rings is 1. The first-order valence-electron chi connectivity index (χ1n) is 15.6. The number of likely N-dealkylation sites (tertiary alicyclic amines) is 1. The number of hydrogen-bond donors (Lipinski definition) is 4. The van der Waals surface area contributed by atoms with Gasteiger partial charge in [0.25, 0.3) is 5.91 Å². The number of primary amides is 1. The van der Waals surface area contributed by atoms with E-state index in [1.165, 1.54) is 12.8 Å². The molecule has 10 heteroatoms. The predicted molar refractivity (Wildman–Crippen MR) is 170 cm³/mol. The molecule has 44 heavy (non-hydrogen) atoms. The molecule has 5 atom stereocenters. The van der Waals surface area contributed by atoms with Crippen molar-refractivity contribution >= 4 is 28.6 Å². The summed E-state index contributed by atoms with van der Waals surface area (Å²) in [6.07, 6.45) is 5.44. The Morgan fingerprint density at radius 3 is 2.57 bits per heavy atom. The molecule has 3 amide bonds. The number of nitrogens with one attached hydrogen (secondary N) is 2. The van der Waals surface area contributed by atoms with Crippen molar-refractivity contribution in [3.05, 3.63) is 78.0 Å². The van der Waals surface area contributed by atoms with Gasteiger partial charge >= 0.3 is 0 Å². The minimum Gasteiger partial charge on any atom is -0.378 e. The van der Waals surface area contributed by atoms with Crippen LogP contribution in [-0.2, 0) is 20.7 Å². The Kier molecular flexibility index (Phi) is 10.2. The number of amides is 3. The zero-order chi connectivity index (χ0) is 31.1. The van der Waals surface area contributed by atoms with E-state index in [2.05, 4.69) is 20.5 Å². The molecule has 1 aliphatic carbocycles. The fraction of sp³-hybridized carbons (Fsp3) is 0.471. The standard InChI is InChI=1S/C34H44N6O4/c1-44-30(21-40-18-16-25-12-7-8-17-34(25,36)22-40)28(19-23-9-3-2-4-10-23)38-33(43)29(20-31(35)41)39-32(42)27-15-14-24-11-5-6-13-26(24)37-27/h2-6,9-11,13-15,25,28-30H,7-8,12,16-22,36H2,1H3,(H2,35,41)(H,38,43)(H,39,42)/t25?,28?,29-,30?,34?/m0/s1. The molecule has 4 unspecified atom stereocenters. The van der Waals surface area contributed by atoms with E-state index in [4.69, 9.17) is 16.2 Å². The number of methoxy groups -OCH3 is 1. The van der Waals surface area contributed by atoms with Crippen LogP contribution < -0.4 is 22.1 Å². The molecule has 2 heterocycles. The molecule has 10 nitrogen and oxygen atoms in total. The number of hydrogen-bond acceptors (Lipinski definition) is 7. The largest absolute Gasteiger partial charge is 0.378 e. The van der Waals surface area contributed by atoms with Crippen LogP contribution in [0.3, 0.4) is 0 Å². The van der Waals surface area contributed by atoms with Crippen molar-refractivity contribution < 1.29 is 19.1 Å². The quantitative estimate of drug-likeness (QED) is 0.249. The number of carbonyl (C=O) groups is 3. The van der Waals surface area contributed by atoms with E-state index in [9.17, 15) is 14.4 Å². The highest BCUT2D eigenvalue weighted by atomic mass is 16.5. The van der Waals surface area contributed by atoms with Crippen molar-refractivity contribution in [2.45, 2.75) is 68.7 Å². The monoisotopic (exact) mass is 600 g/mol. The molecule has 5 rings (SSSR count). The summed E-state index contributed by atoms with van der Waals surface area (Å²) in [5, 5.41) is 6.68. The summed E-state index contributed by atoms with van der Waals surface area (Å²) in [5.41, 5.74) is 14.1. The number of nitrogens with two attached hydrogens (primary N) is 2. The maximum Gasteiger partial charge on any atom is 0.270 e. The molecule has 234 valence electrons. The second kappa shape index (κ2) is 14.3. The van der Waals surface area contributed by atoms with Gasteiger partial charge in [-0.3, -0.25) is 19.3 Å². The average Bonchev–Trinajstić information content (AvgIpc) is 3.02. The number of benzene rings is 2. The topological polar surface area (TPSA) is 153 Å². The van der Waals surface area contributed by atoms with E-state index in [1.54, 1.807) is 19.2 Å². The molecule has 3 aromatic rings. The first kappa shape index (κ1) is 31.6. The molecule has 0 radical (unpaired) electrons. The third kappa shape index (κ3) is 7.80. The second-order valence-corrected chi connectivity index (χ2v) is 12.4. The molecular weight excluding hydrogens is 556 g/mol. The number of rotatable bonds is 12. The molecule has 2 fully saturated rings. The van der Waals surface area contributed by atoms with Gasteiger partial charge in [0.1, 0.15) is 11.7 Å². The summed E-state index contributed by atoms with van der Waals surface area (Å²) < 4.78 is 6.02. The van der Waals surface area contributed by atoms with E-state index in [0.29, 0.717) is 24.4 Å². The lowest BCUT2D eigenvalue weighted by molar-refractivity contribution is -0.128. The Labute approximate surface area is 258 Å². The minimum atomic E-state index is -1.19. The number of ether oxygens (including phenoxy) is 1. The van der Waals surface area contributed by atoms with Gasteiger partial charge in [0.15, 0.2) is 0 Å². The molecule has 1 aromatic heterocycles. The van der Waals surface area contributed by atoms with Crippen molar-refractivity contribution in [1.82, 2.24) is 20.5 Å². The summed E-state index contributed by atoms with van der Waals surface area (Å²) >= 11 is 0. The first-order chi connectivity index (χ1) is 21.2. The summed E-state index contributed by atoms with van der Waals surface area (Å²) in [4.78, 5) is 45.8. The van der Waals surface area contributed by atoms with Crippen molar-refractivity contribution in [1.29, 1.82) is 0 Å². The Hall–Kier alpha value is -3.86. The molecule has 1 aliphatic heterocycles. The molecule has 2 aromatic carbocycles. The van der Waals surface area contributed by atoms with E-state index in [-0.39, 0.29) is 23.8 Å². The van der Waals surface area contributed by atoms with Gasteiger partial charge in [-0.25, -0.2) is 4.98 Å². The third-order valence-electron chi connectivity index (χ3n) is 9.24. The van der Waals surface area contributed by atoms with Crippen LogP contribution in [0, 0.1) is 5.92 Å². The van der Waals surface area contributed by atoms with Gasteiger partial charge in [0, 0.05) is 31.1 Å². The van der Waals surface area contributed by atoms with Gasteiger partial charge in [-0.15, -0.1) is 0 Å². The van der Waals surface area contributed by atoms with Crippen molar-refractivity contribution in [3.8, 4) is 0 Å². The maximum atomic E-state index is 13.8. The Balaban J connectivity index is 1.32. The SMILES string of the molecule is COC(CN1CCC2CCCCC2(N)C1)C(Cc1ccccc1)NC(=O)[C@H](CC(N)=O)NC(=O)c1ccc2ccccc2n1.